The highest BCUT2D eigenvalue weighted by atomic mass is 16.6. The van der Waals surface area contributed by atoms with Crippen LogP contribution in [0.15, 0.2) is 41.5 Å². The van der Waals surface area contributed by atoms with Gasteiger partial charge in [0.15, 0.2) is 11.9 Å². The summed E-state index contributed by atoms with van der Waals surface area (Å²) in [6, 6.07) is 8.78. The fourth-order valence-corrected chi connectivity index (χ4v) is 9.53. The fourth-order valence-electron chi connectivity index (χ4n) is 9.53. The lowest BCUT2D eigenvalue weighted by Crippen LogP contribution is -2.75. The Morgan fingerprint density at radius 1 is 1.17 bits per heavy atom. The summed E-state index contributed by atoms with van der Waals surface area (Å²) >= 11 is 0. The molecular formula is C34H48BN2O10. The van der Waals surface area contributed by atoms with Gasteiger partial charge in [-0.2, -0.15) is 0 Å². The number of esters is 2. The zero-order valence-corrected chi connectivity index (χ0v) is 27.9. The van der Waals surface area contributed by atoms with Crippen LogP contribution in [0.2, 0.25) is 0 Å². The maximum Gasteiger partial charge on any atom is 0.347 e. The van der Waals surface area contributed by atoms with Crippen molar-refractivity contribution in [1.29, 1.82) is 0 Å². The van der Waals surface area contributed by atoms with E-state index in [9.17, 15) is 34.9 Å². The summed E-state index contributed by atoms with van der Waals surface area (Å²) < 4.78 is 17.5. The Morgan fingerprint density at radius 3 is 2.40 bits per heavy atom. The lowest BCUT2D eigenvalue weighted by Gasteiger charge is -2.68. The van der Waals surface area contributed by atoms with E-state index in [1.165, 1.54) is 0 Å². The van der Waals surface area contributed by atoms with Crippen LogP contribution < -0.4 is 11.2 Å². The number of ether oxygens (including phenoxy) is 3. The van der Waals surface area contributed by atoms with E-state index in [1.54, 1.807) is 65.3 Å². The van der Waals surface area contributed by atoms with E-state index in [0.717, 1.165) is 0 Å². The molecule has 47 heavy (non-hydrogen) atoms. The lowest BCUT2D eigenvalue weighted by atomic mass is 9.40. The highest BCUT2D eigenvalue weighted by Crippen LogP contribution is 2.66. The van der Waals surface area contributed by atoms with Gasteiger partial charge in [0.25, 0.3) is 0 Å². The molecule has 5 rings (SSSR count). The normalized spacial score (nSPS) is 38.8. The van der Waals surface area contributed by atoms with Crippen LogP contribution >= 0.6 is 0 Å². The minimum atomic E-state index is -1.69. The summed E-state index contributed by atoms with van der Waals surface area (Å²) in [7, 11) is 1.56. The van der Waals surface area contributed by atoms with E-state index in [-0.39, 0.29) is 31.0 Å². The Balaban J connectivity index is 1.59. The molecule has 1 saturated heterocycles. The SMILES string of the molecule is CC1=C2[C@@H](O)C(=O)[C@@]3(C)[C@H]([C@H](C)[C@](O)(C[C@@H]1OC(=O)[C@H](OC(=O)CN)[C@@H]([B]CNO)c1ccccc1)C2(C)C)[C@]1(C)CO[C@@H]1C[C@@H]3O. The number of fused-ring (bicyclic) bond motifs is 5. The number of carbonyl (C=O) groups excluding carboxylic acids is 3. The predicted octanol–water partition coefficient (Wildman–Crippen LogP) is 1.000. The maximum absolute atomic E-state index is 14.4. The van der Waals surface area contributed by atoms with Gasteiger partial charge in [-0.05, 0) is 48.8 Å². The van der Waals surface area contributed by atoms with Crippen LogP contribution in [-0.2, 0) is 28.6 Å². The zero-order valence-electron chi connectivity index (χ0n) is 27.9. The molecule has 1 radical (unpaired) electrons. The van der Waals surface area contributed by atoms with Crippen LogP contribution in [0, 0.1) is 28.1 Å². The van der Waals surface area contributed by atoms with Crippen molar-refractivity contribution in [3.05, 3.63) is 47.0 Å². The van der Waals surface area contributed by atoms with Gasteiger partial charge in [-0.1, -0.05) is 58.0 Å². The van der Waals surface area contributed by atoms with Crippen molar-refractivity contribution in [2.75, 3.05) is 19.6 Å². The number of carbonyl (C=O) groups is 3. The molecule has 11 atom stereocenters. The second kappa shape index (κ2) is 12.7. The minimum Gasteiger partial charge on any atom is -0.455 e. The summed E-state index contributed by atoms with van der Waals surface area (Å²) in [5.74, 6) is -4.38. The molecule has 257 valence electrons. The third-order valence-electron chi connectivity index (χ3n) is 12.2. The molecule has 7 N–H and O–H groups in total. The van der Waals surface area contributed by atoms with Crippen LogP contribution in [0.5, 0.6) is 0 Å². The number of nitrogens with one attached hydrogen (secondary N) is 1. The third-order valence-corrected chi connectivity index (χ3v) is 12.2. The van der Waals surface area contributed by atoms with Crippen molar-refractivity contribution in [1.82, 2.24) is 5.48 Å². The molecule has 0 spiro atoms. The Kier molecular flexibility index (Phi) is 9.61. The van der Waals surface area contributed by atoms with Gasteiger partial charge < -0.3 is 40.5 Å². The first kappa shape index (κ1) is 35.7. The monoisotopic (exact) mass is 655 g/mol. The quantitative estimate of drug-likeness (QED) is 0.0957. The van der Waals surface area contributed by atoms with E-state index in [0.29, 0.717) is 17.7 Å². The molecule has 12 nitrogen and oxygen atoms in total. The molecule has 0 aromatic heterocycles. The molecule has 3 aliphatic carbocycles. The number of ketones is 1. The summed E-state index contributed by atoms with van der Waals surface area (Å²) in [5, 5.41) is 45.6. The van der Waals surface area contributed by atoms with Gasteiger partial charge in [-0.3, -0.25) is 9.59 Å². The van der Waals surface area contributed by atoms with E-state index < -0.39 is 88.2 Å². The number of Topliss-reactive ketones (excluding diaryl/α,β-unsaturated/α-hetero) is 1. The Hall–Kier alpha value is -2.65. The summed E-state index contributed by atoms with van der Waals surface area (Å²) in [6.07, 6.45) is -5.63. The molecular weight excluding hydrogens is 607 g/mol. The minimum absolute atomic E-state index is 0.0503. The molecule has 13 heteroatoms. The van der Waals surface area contributed by atoms with Crippen molar-refractivity contribution >= 4 is 25.0 Å². The average molecular weight is 656 g/mol. The summed E-state index contributed by atoms with van der Waals surface area (Å²) in [4.78, 5) is 41.0. The molecule has 1 aromatic carbocycles. The van der Waals surface area contributed by atoms with Crippen molar-refractivity contribution in [3.8, 4) is 0 Å². The first-order valence-electron chi connectivity index (χ1n) is 16.3. The second-order valence-corrected chi connectivity index (χ2v) is 14.8. The molecule has 1 aliphatic heterocycles. The largest absolute Gasteiger partial charge is 0.455 e. The molecule has 1 aromatic rings. The molecule has 0 amide bonds. The van der Waals surface area contributed by atoms with Gasteiger partial charge in [-0.15, -0.1) is 0 Å². The number of rotatable bonds is 9. The average Bonchev–Trinajstić information content (AvgIpc) is 3.03. The van der Waals surface area contributed by atoms with Gasteiger partial charge in [0, 0.05) is 29.5 Å². The second-order valence-electron chi connectivity index (χ2n) is 14.8. The van der Waals surface area contributed by atoms with Gasteiger partial charge in [0.2, 0.25) is 0 Å². The van der Waals surface area contributed by atoms with Crippen molar-refractivity contribution < 1.29 is 49.1 Å². The van der Waals surface area contributed by atoms with Gasteiger partial charge in [0.05, 0.1) is 36.4 Å². The van der Waals surface area contributed by atoms with Gasteiger partial charge >= 0.3 is 11.9 Å². The first-order chi connectivity index (χ1) is 22.0. The number of nitrogens with two attached hydrogens (primary N) is 1. The zero-order chi connectivity index (χ0) is 34.7. The Morgan fingerprint density at radius 2 is 1.83 bits per heavy atom. The first-order valence-corrected chi connectivity index (χ1v) is 16.3. The molecule has 2 saturated carbocycles. The number of aliphatic hydroxyl groups excluding tert-OH is 2. The molecule has 4 aliphatic rings. The number of hydroxylamine groups is 1. The molecule has 2 bridgehead atoms. The van der Waals surface area contributed by atoms with E-state index >= 15 is 0 Å². The smallest absolute Gasteiger partial charge is 0.347 e. The van der Waals surface area contributed by atoms with E-state index in [4.69, 9.17) is 19.9 Å². The molecule has 0 unspecified atom stereocenters. The van der Waals surface area contributed by atoms with Gasteiger partial charge in [0.1, 0.15) is 19.5 Å². The number of benzene rings is 1. The topological polar surface area (TPSA) is 198 Å². The number of hydrogen-bond donors (Lipinski definition) is 6. The summed E-state index contributed by atoms with van der Waals surface area (Å²) in [6.45, 7) is 10.6. The predicted molar refractivity (Wildman–Crippen MR) is 170 cm³/mol. The number of hydrogen-bond acceptors (Lipinski definition) is 12. The van der Waals surface area contributed by atoms with Crippen LogP contribution in [0.4, 0.5) is 0 Å². The standard InChI is InChI=1S/C34H48BN2O10/c1-17-20(46-30(42)27(47-23(39)14-36)25(35-16-37-44)19-10-8-7-9-11-19)13-34(43)18(2)28-32(5)15-45-22(32)12-21(38)33(28,6)29(41)26(40)24(17)31(34,3)4/h7-11,18,20-22,25-28,37-38,40,43-44H,12-16,36H2,1-6H3/t18-,20-,21-,22+,25-,26+,27+,28+,32+,33+,34+/m0/s1. The Bertz CT molecular complexity index is 1420. The fraction of sp³-hybridized carbons (Fsp3) is 0.676. The van der Waals surface area contributed by atoms with Crippen molar-refractivity contribution in [2.45, 2.75) is 96.3 Å². The number of aliphatic hydroxyl groups is 3. The van der Waals surface area contributed by atoms with Crippen LogP contribution in [0.3, 0.4) is 0 Å². The molecule has 1 heterocycles. The van der Waals surface area contributed by atoms with Crippen molar-refractivity contribution in [2.24, 2.45) is 33.8 Å². The molecule has 3 fully saturated rings. The van der Waals surface area contributed by atoms with Crippen LogP contribution in [0.25, 0.3) is 0 Å². The summed E-state index contributed by atoms with van der Waals surface area (Å²) in [5.41, 5.74) is 4.09. The Labute approximate surface area is 276 Å². The van der Waals surface area contributed by atoms with Crippen molar-refractivity contribution in [3.63, 3.8) is 0 Å². The van der Waals surface area contributed by atoms with Crippen LogP contribution in [0.1, 0.15) is 65.8 Å². The highest BCUT2D eigenvalue weighted by molar-refractivity contribution is 6.39. The maximum atomic E-state index is 14.4. The van der Waals surface area contributed by atoms with E-state index in [2.05, 4.69) is 0 Å². The van der Waals surface area contributed by atoms with Crippen LogP contribution in [-0.4, -0.2) is 101 Å². The third kappa shape index (κ3) is 5.38. The van der Waals surface area contributed by atoms with Gasteiger partial charge in [-0.25, -0.2) is 10.3 Å². The lowest BCUT2D eigenvalue weighted by molar-refractivity contribution is -0.302. The highest BCUT2D eigenvalue weighted by Gasteiger charge is 2.72. The van der Waals surface area contributed by atoms with E-state index in [1.807, 2.05) is 19.3 Å².